The minimum atomic E-state index is -1.01. The standard InChI is InChI=1S/C23H29N5O4/c1-13-8-19(22(30)26-15(11-24)9-14-6-7-25-21(14)29)28(12-13)23(31)18-10-16-17(27-18)4-3-5-20(16)32-2/h3-5,10,13-15,19,23,27,31H,6-9,12H2,1-2H3,(H,25,29)(H,26,30). The molecule has 2 amide bonds. The molecule has 1 aromatic heterocycles. The quantitative estimate of drug-likeness (QED) is 0.516. The molecule has 0 bridgehead atoms. The summed E-state index contributed by atoms with van der Waals surface area (Å²) in [6.45, 7) is 3.19. The molecule has 0 saturated carbocycles. The molecule has 0 radical (unpaired) electrons. The van der Waals surface area contributed by atoms with Gasteiger partial charge in [0, 0.05) is 29.9 Å². The first-order valence-corrected chi connectivity index (χ1v) is 11.0. The molecule has 5 unspecified atom stereocenters. The van der Waals surface area contributed by atoms with E-state index >= 15 is 0 Å². The van der Waals surface area contributed by atoms with Gasteiger partial charge in [-0.3, -0.25) is 14.5 Å². The van der Waals surface area contributed by atoms with Gasteiger partial charge in [0.05, 0.1) is 24.9 Å². The number of benzene rings is 1. The third-order valence-corrected chi connectivity index (χ3v) is 6.46. The van der Waals surface area contributed by atoms with Gasteiger partial charge in [-0.25, -0.2) is 0 Å². The molecule has 2 aliphatic rings. The Bertz CT molecular complexity index is 1040. The third kappa shape index (κ3) is 4.29. The second kappa shape index (κ2) is 9.18. The van der Waals surface area contributed by atoms with Gasteiger partial charge in [-0.15, -0.1) is 0 Å². The van der Waals surface area contributed by atoms with Gasteiger partial charge < -0.3 is 25.5 Å². The summed E-state index contributed by atoms with van der Waals surface area (Å²) in [5.74, 6) is 0.285. The zero-order chi connectivity index (χ0) is 22.8. The molecular formula is C23H29N5O4. The number of aliphatic hydroxyl groups is 1. The average Bonchev–Trinajstić information content (AvgIpc) is 3.50. The lowest BCUT2D eigenvalue weighted by atomic mass is 9.98. The highest BCUT2D eigenvalue weighted by molar-refractivity contribution is 5.87. The number of rotatable bonds is 7. The monoisotopic (exact) mass is 439 g/mol. The minimum absolute atomic E-state index is 0.0692. The van der Waals surface area contributed by atoms with Crippen LogP contribution in [0.25, 0.3) is 10.9 Å². The SMILES string of the molecule is COc1cccc2[nH]c(C(O)N3CC(C)CC3C(=O)NC(C#N)CC3CCNC3=O)cc12. The van der Waals surface area contributed by atoms with Crippen LogP contribution in [0.15, 0.2) is 24.3 Å². The van der Waals surface area contributed by atoms with Crippen molar-refractivity contribution in [2.24, 2.45) is 11.8 Å². The van der Waals surface area contributed by atoms with Crippen molar-refractivity contribution in [3.63, 3.8) is 0 Å². The average molecular weight is 440 g/mol. The van der Waals surface area contributed by atoms with Gasteiger partial charge in [-0.2, -0.15) is 5.26 Å². The van der Waals surface area contributed by atoms with E-state index in [0.29, 0.717) is 43.8 Å². The number of ether oxygens (including phenoxy) is 1. The van der Waals surface area contributed by atoms with Crippen LogP contribution >= 0.6 is 0 Å². The summed E-state index contributed by atoms with van der Waals surface area (Å²) in [4.78, 5) is 29.9. The molecule has 2 fully saturated rings. The van der Waals surface area contributed by atoms with E-state index < -0.39 is 18.3 Å². The molecule has 4 rings (SSSR count). The molecule has 2 aliphatic heterocycles. The van der Waals surface area contributed by atoms with Crippen molar-refractivity contribution >= 4 is 22.7 Å². The Balaban J connectivity index is 1.49. The van der Waals surface area contributed by atoms with E-state index in [1.165, 1.54) is 0 Å². The highest BCUT2D eigenvalue weighted by Gasteiger charge is 2.40. The predicted molar refractivity (Wildman–Crippen MR) is 117 cm³/mol. The molecule has 4 N–H and O–H groups in total. The van der Waals surface area contributed by atoms with Crippen LogP contribution in [-0.4, -0.2) is 59.1 Å². The molecule has 3 heterocycles. The number of amides is 2. The Labute approximate surface area is 186 Å². The van der Waals surface area contributed by atoms with Crippen LogP contribution in [0.4, 0.5) is 0 Å². The van der Waals surface area contributed by atoms with Crippen LogP contribution < -0.4 is 15.4 Å². The van der Waals surface area contributed by atoms with E-state index in [0.717, 1.165) is 10.9 Å². The summed E-state index contributed by atoms with van der Waals surface area (Å²) < 4.78 is 5.40. The maximum atomic E-state index is 13.1. The molecule has 2 saturated heterocycles. The number of methoxy groups -OCH3 is 1. The number of H-pyrrole nitrogens is 1. The van der Waals surface area contributed by atoms with Gasteiger partial charge in [0.1, 0.15) is 18.0 Å². The van der Waals surface area contributed by atoms with Crippen molar-refractivity contribution in [1.29, 1.82) is 5.26 Å². The number of likely N-dealkylation sites (tertiary alicyclic amines) is 1. The maximum absolute atomic E-state index is 13.1. The van der Waals surface area contributed by atoms with Crippen LogP contribution in [-0.2, 0) is 9.59 Å². The van der Waals surface area contributed by atoms with E-state index in [1.807, 2.05) is 31.2 Å². The van der Waals surface area contributed by atoms with Crippen LogP contribution in [0.1, 0.15) is 38.1 Å². The fourth-order valence-corrected chi connectivity index (χ4v) is 4.82. The summed E-state index contributed by atoms with van der Waals surface area (Å²) >= 11 is 0. The van der Waals surface area contributed by atoms with Gasteiger partial charge in [-0.1, -0.05) is 13.0 Å². The normalized spacial score (nSPS) is 25.3. The Morgan fingerprint density at radius 2 is 2.28 bits per heavy atom. The zero-order valence-electron chi connectivity index (χ0n) is 18.3. The van der Waals surface area contributed by atoms with E-state index in [1.54, 1.807) is 12.0 Å². The molecule has 9 heteroatoms. The fraction of sp³-hybridized carbons (Fsp3) is 0.522. The smallest absolute Gasteiger partial charge is 0.238 e. The molecule has 0 aliphatic carbocycles. The topological polar surface area (TPSA) is 130 Å². The zero-order valence-corrected chi connectivity index (χ0v) is 18.3. The number of hydrogen-bond donors (Lipinski definition) is 4. The van der Waals surface area contributed by atoms with Crippen molar-refractivity contribution in [3.05, 3.63) is 30.0 Å². The molecule has 5 atom stereocenters. The van der Waals surface area contributed by atoms with Gasteiger partial charge in [-0.05, 0) is 43.4 Å². The number of nitriles is 1. The van der Waals surface area contributed by atoms with E-state index in [-0.39, 0.29) is 23.7 Å². The summed E-state index contributed by atoms with van der Waals surface area (Å²) in [5.41, 5.74) is 1.42. The molecule has 32 heavy (non-hydrogen) atoms. The molecule has 1 aromatic carbocycles. The summed E-state index contributed by atoms with van der Waals surface area (Å²) in [5, 5.41) is 27.1. The number of carbonyl (C=O) groups is 2. The minimum Gasteiger partial charge on any atom is -0.496 e. The van der Waals surface area contributed by atoms with E-state index in [2.05, 4.69) is 21.7 Å². The second-order valence-corrected chi connectivity index (χ2v) is 8.78. The third-order valence-electron chi connectivity index (χ3n) is 6.46. The Morgan fingerprint density at radius 3 is 2.97 bits per heavy atom. The van der Waals surface area contributed by atoms with Crippen LogP contribution in [0.2, 0.25) is 0 Å². The lowest BCUT2D eigenvalue weighted by Gasteiger charge is -2.29. The number of aromatic amines is 1. The summed E-state index contributed by atoms with van der Waals surface area (Å²) in [7, 11) is 1.60. The number of aliphatic hydroxyl groups excluding tert-OH is 1. The lowest BCUT2D eigenvalue weighted by molar-refractivity contribution is -0.130. The van der Waals surface area contributed by atoms with Crippen molar-refractivity contribution in [2.45, 2.75) is 44.5 Å². The van der Waals surface area contributed by atoms with E-state index in [9.17, 15) is 20.0 Å². The van der Waals surface area contributed by atoms with E-state index in [4.69, 9.17) is 4.74 Å². The van der Waals surface area contributed by atoms with Gasteiger partial charge in [0.15, 0.2) is 0 Å². The first-order chi connectivity index (χ1) is 15.4. The Hall–Kier alpha value is -3.09. The summed E-state index contributed by atoms with van der Waals surface area (Å²) in [6.07, 6.45) is 0.533. The maximum Gasteiger partial charge on any atom is 0.238 e. The Morgan fingerprint density at radius 1 is 1.47 bits per heavy atom. The first-order valence-electron chi connectivity index (χ1n) is 11.0. The number of nitrogens with zero attached hydrogens (tertiary/aromatic N) is 2. The van der Waals surface area contributed by atoms with Crippen molar-refractivity contribution in [3.8, 4) is 11.8 Å². The van der Waals surface area contributed by atoms with Crippen molar-refractivity contribution in [1.82, 2.24) is 20.5 Å². The van der Waals surface area contributed by atoms with Gasteiger partial charge in [0.2, 0.25) is 11.8 Å². The van der Waals surface area contributed by atoms with Crippen molar-refractivity contribution in [2.75, 3.05) is 20.2 Å². The number of fused-ring (bicyclic) bond motifs is 1. The number of nitrogens with one attached hydrogen (secondary N) is 3. The van der Waals surface area contributed by atoms with Crippen LogP contribution in [0.3, 0.4) is 0 Å². The second-order valence-electron chi connectivity index (χ2n) is 8.78. The van der Waals surface area contributed by atoms with Gasteiger partial charge >= 0.3 is 0 Å². The molecule has 170 valence electrons. The summed E-state index contributed by atoms with van der Waals surface area (Å²) in [6, 6.07) is 8.26. The largest absolute Gasteiger partial charge is 0.496 e. The predicted octanol–water partition coefficient (Wildman–Crippen LogP) is 1.41. The highest BCUT2D eigenvalue weighted by atomic mass is 16.5. The first kappa shape index (κ1) is 22.1. The van der Waals surface area contributed by atoms with Crippen molar-refractivity contribution < 1.29 is 19.4 Å². The fourth-order valence-electron chi connectivity index (χ4n) is 4.82. The Kier molecular flexibility index (Phi) is 6.35. The molecule has 0 spiro atoms. The number of hydrogen-bond acceptors (Lipinski definition) is 6. The molecule has 9 nitrogen and oxygen atoms in total. The molecule has 2 aromatic rings. The van der Waals surface area contributed by atoms with Crippen LogP contribution in [0, 0.1) is 23.2 Å². The highest BCUT2D eigenvalue weighted by Crippen LogP contribution is 2.34. The lowest BCUT2D eigenvalue weighted by Crippen LogP contribution is -2.48. The number of aromatic nitrogens is 1. The van der Waals surface area contributed by atoms with Crippen LogP contribution in [0.5, 0.6) is 5.75 Å². The number of carbonyl (C=O) groups excluding carboxylic acids is 2. The molecular weight excluding hydrogens is 410 g/mol. The van der Waals surface area contributed by atoms with Gasteiger partial charge in [0.25, 0.3) is 0 Å².